The molecule has 158 valence electrons. The van der Waals surface area contributed by atoms with Gasteiger partial charge in [-0.05, 0) is 50.0 Å². The molecule has 0 saturated carbocycles. The number of nitrogens with zero attached hydrogens (tertiary/aromatic N) is 4. The molecule has 0 aliphatic rings. The Morgan fingerprint density at radius 1 is 1.16 bits per heavy atom. The van der Waals surface area contributed by atoms with Crippen molar-refractivity contribution in [3.05, 3.63) is 58.7 Å². The van der Waals surface area contributed by atoms with Crippen LogP contribution in [0.4, 0.5) is 17.3 Å². The lowest BCUT2D eigenvalue weighted by Crippen LogP contribution is -2.12. The van der Waals surface area contributed by atoms with E-state index in [9.17, 15) is 4.79 Å². The fourth-order valence-corrected chi connectivity index (χ4v) is 4.30. The van der Waals surface area contributed by atoms with Gasteiger partial charge in [0.25, 0.3) is 0 Å². The van der Waals surface area contributed by atoms with Gasteiger partial charge < -0.3 is 15.5 Å². The number of nitrogens with one attached hydrogen (secondary N) is 2. The Balaban J connectivity index is 1.66. The zero-order valence-corrected chi connectivity index (χ0v) is 18.9. The van der Waals surface area contributed by atoms with Crippen LogP contribution in [0.1, 0.15) is 12.5 Å². The van der Waals surface area contributed by atoms with Crippen molar-refractivity contribution in [1.82, 2.24) is 19.9 Å². The Morgan fingerprint density at radius 2 is 1.97 bits per heavy atom. The molecule has 0 unspecified atom stereocenters. The first kappa shape index (κ1) is 21.2. The monoisotopic (exact) mass is 452 g/mol. The fourth-order valence-electron chi connectivity index (χ4n) is 3.28. The Labute approximate surface area is 189 Å². The number of fused-ring (bicyclic) bond motifs is 1. The summed E-state index contributed by atoms with van der Waals surface area (Å²) < 4.78 is 0. The molecule has 31 heavy (non-hydrogen) atoms. The van der Waals surface area contributed by atoms with Gasteiger partial charge in [0.1, 0.15) is 5.01 Å². The van der Waals surface area contributed by atoms with Gasteiger partial charge in [0.05, 0.1) is 10.5 Å². The molecule has 7 nitrogen and oxygen atoms in total. The van der Waals surface area contributed by atoms with E-state index in [-0.39, 0.29) is 5.91 Å². The molecule has 0 radical (unpaired) electrons. The highest BCUT2D eigenvalue weighted by Crippen LogP contribution is 2.35. The van der Waals surface area contributed by atoms with Gasteiger partial charge in [0.2, 0.25) is 11.9 Å². The van der Waals surface area contributed by atoms with Gasteiger partial charge in [-0.15, -0.1) is 11.3 Å². The van der Waals surface area contributed by atoms with Gasteiger partial charge in [-0.3, -0.25) is 4.79 Å². The molecule has 0 bridgehead atoms. The largest absolute Gasteiger partial charge is 0.326 e. The topological polar surface area (TPSA) is 83.0 Å². The summed E-state index contributed by atoms with van der Waals surface area (Å²) in [7, 11) is 3.99. The number of halogens is 1. The van der Waals surface area contributed by atoms with E-state index in [1.54, 1.807) is 12.4 Å². The van der Waals surface area contributed by atoms with Crippen molar-refractivity contribution in [2.24, 2.45) is 0 Å². The number of benzene rings is 2. The minimum absolute atomic E-state index is 0.124. The van der Waals surface area contributed by atoms with E-state index in [2.05, 4.69) is 30.5 Å². The van der Waals surface area contributed by atoms with Gasteiger partial charge in [-0.1, -0.05) is 11.6 Å². The van der Waals surface area contributed by atoms with Crippen LogP contribution in [0.5, 0.6) is 0 Å². The number of rotatable bonds is 6. The fraction of sp³-hybridized carbons (Fsp3) is 0.182. The maximum atomic E-state index is 11.5. The smallest absolute Gasteiger partial charge is 0.227 e. The van der Waals surface area contributed by atoms with Gasteiger partial charge in [-0.2, -0.15) is 0 Å². The predicted molar refractivity (Wildman–Crippen MR) is 127 cm³/mol. The first-order valence-corrected chi connectivity index (χ1v) is 10.8. The number of thiazole rings is 1. The molecule has 2 heterocycles. The molecule has 0 fully saturated rings. The minimum Gasteiger partial charge on any atom is -0.326 e. The summed E-state index contributed by atoms with van der Waals surface area (Å²) in [4.78, 5) is 27.0. The summed E-state index contributed by atoms with van der Waals surface area (Å²) in [5.74, 6) is 0.321. The number of aromatic nitrogens is 3. The highest BCUT2D eigenvalue weighted by Gasteiger charge is 2.12. The van der Waals surface area contributed by atoms with Crippen molar-refractivity contribution < 1.29 is 4.79 Å². The molecule has 0 aliphatic carbocycles. The molecule has 1 amide bonds. The molecule has 2 aromatic heterocycles. The van der Waals surface area contributed by atoms with Crippen LogP contribution in [-0.4, -0.2) is 39.9 Å². The van der Waals surface area contributed by atoms with Crippen molar-refractivity contribution in [2.45, 2.75) is 13.5 Å². The van der Waals surface area contributed by atoms with Gasteiger partial charge >= 0.3 is 0 Å². The Morgan fingerprint density at radius 3 is 2.68 bits per heavy atom. The van der Waals surface area contributed by atoms with Gasteiger partial charge in [0.15, 0.2) is 0 Å². The molecule has 2 N–H and O–H groups in total. The quantitative estimate of drug-likeness (QED) is 0.420. The third-order valence-electron chi connectivity index (χ3n) is 4.43. The number of anilines is 3. The van der Waals surface area contributed by atoms with Crippen LogP contribution in [0.15, 0.2) is 48.1 Å². The molecule has 0 aliphatic heterocycles. The van der Waals surface area contributed by atoms with Crippen LogP contribution >= 0.6 is 22.9 Å². The summed E-state index contributed by atoms with van der Waals surface area (Å²) in [6.07, 6.45) is 3.46. The number of carbonyl (C=O) groups is 1. The van der Waals surface area contributed by atoms with E-state index in [4.69, 9.17) is 11.6 Å². The molecule has 0 atom stereocenters. The normalized spacial score (nSPS) is 11.1. The van der Waals surface area contributed by atoms with Crippen LogP contribution in [-0.2, 0) is 11.3 Å². The number of carbonyl (C=O) groups excluding carboxylic acids is 1. The van der Waals surface area contributed by atoms with Crippen molar-refractivity contribution in [3.8, 4) is 10.6 Å². The standard InChI is InChI=1S/C22H21ClN6OS/c1-13(30)26-15-8-14(12-29(2)3)9-16(10-15)27-22-25-11-18-19(28-22)5-4-17(20(18)23)21-24-6-7-31-21/h4-11H,12H2,1-3H3,(H,26,30)(H,25,27,28). The van der Waals surface area contributed by atoms with E-state index >= 15 is 0 Å². The lowest BCUT2D eigenvalue weighted by Gasteiger charge is -2.14. The first-order chi connectivity index (χ1) is 14.9. The lowest BCUT2D eigenvalue weighted by atomic mass is 10.1. The average molecular weight is 453 g/mol. The molecule has 4 rings (SSSR count). The van der Waals surface area contributed by atoms with Crippen molar-refractivity contribution in [2.75, 3.05) is 24.7 Å². The summed E-state index contributed by atoms with van der Waals surface area (Å²) in [6, 6.07) is 9.65. The molecule has 0 saturated heterocycles. The molecule has 9 heteroatoms. The van der Waals surface area contributed by atoms with Crippen LogP contribution < -0.4 is 10.6 Å². The zero-order chi connectivity index (χ0) is 22.0. The molecule has 4 aromatic rings. The maximum Gasteiger partial charge on any atom is 0.227 e. The second-order valence-electron chi connectivity index (χ2n) is 7.35. The Kier molecular flexibility index (Phi) is 6.13. The molecular formula is C22H21ClN6OS. The second kappa shape index (κ2) is 8.97. The highest BCUT2D eigenvalue weighted by atomic mass is 35.5. The second-order valence-corrected chi connectivity index (χ2v) is 8.63. The summed E-state index contributed by atoms with van der Waals surface area (Å²) in [5, 5.41) is 10.2. The maximum absolute atomic E-state index is 11.5. The van der Waals surface area contributed by atoms with E-state index in [1.165, 1.54) is 18.3 Å². The van der Waals surface area contributed by atoms with Gasteiger partial charge in [0, 0.05) is 53.6 Å². The lowest BCUT2D eigenvalue weighted by molar-refractivity contribution is -0.114. The Bertz CT molecular complexity index is 1240. The van der Waals surface area contributed by atoms with Crippen molar-refractivity contribution >= 4 is 57.1 Å². The van der Waals surface area contributed by atoms with Crippen LogP contribution in [0, 0.1) is 0 Å². The summed E-state index contributed by atoms with van der Waals surface area (Å²) in [5.41, 5.74) is 4.15. The number of hydrogen-bond acceptors (Lipinski definition) is 7. The Hall–Kier alpha value is -3.07. The van der Waals surface area contributed by atoms with E-state index in [0.717, 1.165) is 39.3 Å². The third kappa shape index (κ3) is 4.99. The summed E-state index contributed by atoms with van der Waals surface area (Å²) >= 11 is 8.14. The summed E-state index contributed by atoms with van der Waals surface area (Å²) in [6.45, 7) is 2.22. The molecule has 2 aromatic carbocycles. The van der Waals surface area contributed by atoms with Crippen molar-refractivity contribution in [1.29, 1.82) is 0 Å². The SMILES string of the molecule is CC(=O)Nc1cc(CN(C)C)cc(Nc2ncc3c(Cl)c(-c4nccs4)ccc3n2)c1. The zero-order valence-electron chi connectivity index (χ0n) is 17.3. The van der Waals surface area contributed by atoms with Gasteiger partial charge in [-0.25, -0.2) is 15.0 Å². The van der Waals surface area contributed by atoms with Crippen LogP contribution in [0.25, 0.3) is 21.5 Å². The van der Waals surface area contributed by atoms with Crippen LogP contribution in [0.3, 0.4) is 0 Å². The number of amides is 1. The first-order valence-electron chi connectivity index (χ1n) is 9.57. The highest BCUT2D eigenvalue weighted by molar-refractivity contribution is 7.13. The van der Waals surface area contributed by atoms with E-state index in [0.29, 0.717) is 16.7 Å². The third-order valence-corrected chi connectivity index (χ3v) is 5.64. The molecule has 0 spiro atoms. The molecular weight excluding hydrogens is 432 g/mol. The van der Waals surface area contributed by atoms with E-state index in [1.807, 2.05) is 49.8 Å². The van der Waals surface area contributed by atoms with Crippen molar-refractivity contribution in [3.63, 3.8) is 0 Å². The predicted octanol–water partition coefficient (Wildman–Crippen LogP) is 5.17. The van der Waals surface area contributed by atoms with E-state index < -0.39 is 0 Å². The number of hydrogen-bond donors (Lipinski definition) is 2. The average Bonchev–Trinajstić information content (AvgIpc) is 3.21. The van der Waals surface area contributed by atoms with Crippen LogP contribution in [0.2, 0.25) is 5.02 Å². The minimum atomic E-state index is -0.124.